The van der Waals surface area contributed by atoms with Crippen LogP contribution in [0.3, 0.4) is 0 Å². The van der Waals surface area contributed by atoms with Crippen molar-refractivity contribution in [3.8, 4) is 0 Å². The van der Waals surface area contributed by atoms with Crippen molar-refractivity contribution in [2.24, 2.45) is 0 Å². The third kappa shape index (κ3) is 2.48. The number of rotatable bonds is 2. The molecule has 0 saturated carbocycles. The lowest BCUT2D eigenvalue weighted by Crippen LogP contribution is -2.41. The highest BCUT2D eigenvalue weighted by molar-refractivity contribution is 7.18. The number of nitrogens with zero attached hydrogens (tertiary/aromatic N) is 3. The molecule has 5 nitrogen and oxygen atoms in total. The molecule has 1 aliphatic carbocycles. The summed E-state index contributed by atoms with van der Waals surface area (Å²) < 4.78 is 7.34. The van der Waals surface area contributed by atoms with E-state index in [9.17, 15) is 4.79 Å². The fraction of sp³-hybridized carbons (Fsp3) is 0.647. The highest BCUT2D eigenvalue weighted by Gasteiger charge is 2.25. The van der Waals surface area contributed by atoms with Gasteiger partial charge >= 0.3 is 0 Å². The minimum absolute atomic E-state index is 0.108. The van der Waals surface area contributed by atoms with Crippen LogP contribution in [-0.2, 0) is 17.6 Å². The highest BCUT2D eigenvalue weighted by atomic mass is 32.1. The number of aromatic nitrogens is 2. The molecular weight excluding hydrogens is 310 g/mol. The second-order valence-electron chi connectivity index (χ2n) is 6.67. The van der Waals surface area contributed by atoms with Crippen molar-refractivity contribution in [2.45, 2.75) is 45.6 Å². The Labute approximate surface area is 139 Å². The van der Waals surface area contributed by atoms with Crippen LogP contribution in [0, 0.1) is 0 Å². The van der Waals surface area contributed by atoms with Crippen LogP contribution < -0.4 is 10.5 Å². The number of ether oxygens (including phenoxy) is 1. The van der Waals surface area contributed by atoms with Gasteiger partial charge in [-0.1, -0.05) is 0 Å². The summed E-state index contributed by atoms with van der Waals surface area (Å²) in [7, 11) is 0. The van der Waals surface area contributed by atoms with Crippen LogP contribution in [0.25, 0.3) is 10.2 Å². The maximum atomic E-state index is 13.2. The van der Waals surface area contributed by atoms with E-state index in [2.05, 4.69) is 18.7 Å². The zero-order chi connectivity index (χ0) is 16.0. The van der Waals surface area contributed by atoms with Gasteiger partial charge in [0.25, 0.3) is 5.56 Å². The predicted molar refractivity (Wildman–Crippen MR) is 93.9 cm³/mol. The van der Waals surface area contributed by atoms with Gasteiger partial charge < -0.3 is 9.64 Å². The lowest BCUT2D eigenvalue weighted by molar-refractivity contribution is 0.121. The van der Waals surface area contributed by atoms with E-state index in [1.807, 2.05) is 4.57 Å². The summed E-state index contributed by atoms with van der Waals surface area (Å²) in [6.07, 6.45) is 4.55. The Bertz CT molecular complexity index is 787. The Kier molecular flexibility index (Phi) is 3.89. The van der Waals surface area contributed by atoms with Crippen LogP contribution >= 0.6 is 11.3 Å². The van der Waals surface area contributed by atoms with Gasteiger partial charge in [0.2, 0.25) is 5.95 Å². The van der Waals surface area contributed by atoms with Crippen LogP contribution in [0.1, 0.15) is 43.2 Å². The highest BCUT2D eigenvalue weighted by Crippen LogP contribution is 2.35. The normalized spacial score (nSPS) is 18.7. The first-order chi connectivity index (χ1) is 11.2. The van der Waals surface area contributed by atoms with Gasteiger partial charge in [0.1, 0.15) is 4.83 Å². The Morgan fingerprint density at radius 1 is 1.17 bits per heavy atom. The average molecular weight is 333 g/mol. The molecule has 0 unspecified atom stereocenters. The minimum Gasteiger partial charge on any atom is -0.378 e. The molecule has 4 rings (SSSR count). The van der Waals surface area contributed by atoms with Crippen molar-refractivity contribution >= 4 is 27.5 Å². The Hall–Kier alpha value is -1.40. The Morgan fingerprint density at radius 2 is 1.91 bits per heavy atom. The molecule has 0 radical (unpaired) electrons. The monoisotopic (exact) mass is 333 g/mol. The number of fused-ring (bicyclic) bond motifs is 3. The van der Waals surface area contributed by atoms with Gasteiger partial charge in [-0.2, -0.15) is 0 Å². The molecule has 0 N–H and O–H groups in total. The second-order valence-corrected chi connectivity index (χ2v) is 7.75. The molecule has 2 aliphatic rings. The van der Waals surface area contributed by atoms with E-state index < -0.39 is 0 Å². The lowest BCUT2D eigenvalue weighted by Gasteiger charge is -2.30. The first-order valence-corrected chi connectivity index (χ1v) is 9.38. The molecule has 2 aromatic rings. The summed E-state index contributed by atoms with van der Waals surface area (Å²) in [6.45, 7) is 7.14. The van der Waals surface area contributed by atoms with E-state index in [1.54, 1.807) is 11.3 Å². The first kappa shape index (κ1) is 15.1. The summed E-state index contributed by atoms with van der Waals surface area (Å²) >= 11 is 1.73. The molecule has 6 heteroatoms. The van der Waals surface area contributed by atoms with E-state index in [0.717, 1.165) is 42.1 Å². The van der Waals surface area contributed by atoms with Gasteiger partial charge in [0.15, 0.2) is 0 Å². The maximum absolute atomic E-state index is 13.2. The SMILES string of the molecule is CC(C)n1c(N2CCOCC2)nc2sc3c(c2c1=O)CCCC3. The molecule has 0 amide bonds. The zero-order valence-electron chi connectivity index (χ0n) is 13.8. The molecule has 0 aromatic carbocycles. The Morgan fingerprint density at radius 3 is 2.65 bits per heavy atom. The van der Waals surface area contributed by atoms with Crippen molar-refractivity contribution < 1.29 is 4.74 Å². The van der Waals surface area contributed by atoms with Gasteiger partial charge in [0, 0.05) is 24.0 Å². The van der Waals surface area contributed by atoms with Gasteiger partial charge in [-0.3, -0.25) is 9.36 Å². The van der Waals surface area contributed by atoms with Crippen LogP contribution in [0.5, 0.6) is 0 Å². The largest absolute Gasteiger partial charge is 0.378 e. The molecule has 1 saturated heterocycles. The van der Waals surface area contributed by atoms with Crippen molar-refractivity contribution in [1.29, 1.82) is 0 Å². The molecule has 23 heavy (non-hydrogen) atoms. The maximum Gasteiger partial charge on any atom is 0.264 e. The van der Waals surface area contributed by atoms with Gasteiger partial charge in [-0.25, -0.2) is 4.98 Å². The van der Waals surface area contributed by atoms with E-state index in [4.69, 9.17) is 9.72 Å². The predicted octanol–water partition coefficient (Wildman–Crippen LogP) is 2.75. The molecule has 124 valence electrons. The van der Waals surface area contributed by atoms with Crippen LogP contribution in [0.15, 0.2) is 4.79 Å². The van der Waals surface area contributed by atoms with Gasteiger partial charge in [0.05, 0.1) is 18.6 Å². The quantitative estimate of drug-likeness (QED) is 0.848. The van der Waals surface area contributed by atoms with Gasteiger partial charge in [-0.05, 0) is 45.1 Å². The number of anilines is 1. The fourth-order valence-electron chi connectivity index (χ4n) is 3.66. The van der Waals surface area contributed by atoms with Crippen molar-refractivity contribution in [2.75, 3.05) is 31.2 Å². The number of morpholine rings is 1. The van der Waals surface area contributed by atoms with Crippen LogP contribution in [0.4, 0.5) is 5.95 Å². The van der Waals surface area contributed by atoms with Crippen molar-refractivity contribution in [3.05, 3.63) is 20.8 Å². The topological polar surface area (TPSA) is 47.4 Å². The molecule has 1 aliphatic heterocycles. The van der Waals surface area contributed by atoms with E-state index >= 15 is 0 Å². The molecule has 2 aromatic heterocycles. The average Bonchev–Trinajstić information content (AvgIpc) is 2.93. The summed E-state index contributed by atoms with van der Waals surface area (Å²) in [5.41, 5.74) is 1.42. The number of hydrogen-bond donors (Lipinski definition) is 0. The van der Waals surface area contributed by atoms with E-state index in [1.165, 1.54) is 23.3 Å². The standard InChI is InChI=1S/C17H23N3O2S/c1-11(2)20-16(21)14-12-5-3-4-6-13(12)23-15(14)18-17(20)19-7-9-22-10-8-19/h11H,3-10H2,1-2H3. The number of thiophene rings is 1. The smallest absolute Gasteiger partial charge is 0.264 e. The molecular formula is C17H23N3O2S. The van der Waals surface area contributed by atoms with E-state index in [0.29, 0.717) is 13.2 Å². The van der Waals surface area contributed by atoms with Crippen LogP contribution in [-0.4, -0.2) is 35.9 Å². The van der Waals surface area contributed by atoms with E-state index in [-0.39, 0.29) is 11.6 Å². The van der Waals surface area contributed by atoms with Crippen LogP contribution in [0.2, 0.25) is 0 Å². The first-order valence-electron chi connectivity index (χ1n) is 8.56. The summed E-state index contributed by atoms with van der Waals surface area (Å²) in [6, 6.07) is 0.108. The number of aryl methyl sites for hydroxylation is 2. The third-order valence-corrected chi connectivity index (χ3v) is 6.00. The second kappa shape index (κ2) is 5.91. The lowest BCUT2D eigenvalue weighted by atomic mass is 9.97. The van der Waals surface area contributed by atoms with Gasteiger partial charge in [-0.15, -0.1) is 11.3 Å². The molecule has 0 spiro atoms. The Balaban J connectivity index is 1.95. The van der Waals surface area contributed by atoms with Crippen molar-refractivity contribution in [3.63, 3.8) is 0 Å². The minimum atomic E-state index is 0.108. The fourth-order valence-corrected chi connectivity index (χ4v) is 4.91. The zero-order valence-corrected chi connectivity index (χ0v) is 14.6. The molecule has 0 atom stereocenters. The molecule has 3 heterocycles. The molecule has 1 fully saturated rings. The summed E-state index contributed by atoms with van der Waals surface area (Å²) in [4.78, 5) is 22.7. The van der Waals surface area contributed by atoms with Crippen molar-refractivity contribution in [1.82, 2.24) is 9.55 Å². The summed E-state index contributed by atoms with van der Waals surface area (Å²) in [5, 5.41) is 0.885. The number of hydrogen-bond acceptors (Lipinski definition) is 5. The summed E-state index contributed by atoms with van der Waals surface area (Å²) in [5.74, 6) is 0.819. The third-order valence-electron chi connectivity index (χ3n) is 4.81. The molecule has 0 bridgehead atoms.